The summed E-state index contributed by atoms with van der Waals surface area (Å²) >= 11 is 0. The smallest absolute Gasteiger partial charge is 0.415 e. The number of rotatable bonds is 4. The Hall–Kier alpha value is -3.52. The first-order chi connectivity index (χ1) is 14.6. The molecule has 0 radical (unpaired) electrons. The first-order valence-corrected chi connectivity index (χ1v) is 9.44. The Balaban J connectivity index is 1.53. The number of ether oxygens (including phenoxy) is 5. The number of hydrogen-bond acceptors (Lipinski definition) is 7. The van der Waals surface area contributed by atoms with Gasteiger partial charge in [-0.3, -0.25) is 4.79 Å². The van der Waals surface area contributed by atoms with Crippen molar-refractivity contribution in [3.63, 3.8) is 0 Å². The molecule has 0 unspecified atom stereocenters. The van der Waals surface area contributed by atoms with Crippen molar-refractivity contribution < 1.29 is 33.3 Å². The van der Waals surface area contributed by atoms with Crippen LogP contribution in [0.15, 0.2) is 42.2 Å². The Morgan fingerprint density at radius 1 is 1.03 bits per heavy atom. The Morgan fingerprint density at radius 2 is 1.83 bits per heavy atom. The van der Waals surface area contributed by atoms with Gasteiger partial charge in [0.15, 0.2) is 17.3 Å². The van der Waals surface area contributed by atoms with E-state index in [2.05, 4.69) is 0 Å². The molecule has 8 nitrogen and oxygen atoms in total. The fourth-order valence-electron chi connectivity index (χ4n) is 3.21. The molecular weight excluding hydrogens is 390 g/mol. The SMILES string of the molecule is COc1ccc2c(c1)OC(=Cc1ccc(OC(=O)N3CCOCC3)c(OC)c1)C2=O. The molecule has 1 fully saturated rings. The largest absolute Gasteiger partial charge is 0.497 e. The summed E-state index contributed by atoms with van der Waals surface area (Å²) in [5.41, 5.74) is 1.14. The second-order valence-electron chi connectivity index (χ2n) is 6.68. The van der Waals surface area contributed by atoms with Crippen LogP contribution < -0.4 is 18.9 Å². The van der Waals surface area contributed by atoms with Gasteiger partial charge in [-0.05, 0) is 35.9 Å². The number of fused-ring (bicyclic) bond motifs is 1. The fourth-order valence-corrected chi connectivity index (χ4v) is 3.21. The highest BCUT2D eigenvalue weighted by Crippen LogP contribution is 2.36. The van der Waals surface area contributed by atoms with Crippen LogP contribution in [0.4, 0.5) is 4.79 Å². The molecule has 0 aliphatic carbocycles. The van der Waals surface area contributed by atoms with E-state index in [9.17, 15) is 9.59 Å². The number of hydrogen-bond donors (Lipinski definition) is 0. The number of nitrogens with zero attached hydrogens (tertiary/aromatic N) is 1. The second kappa shape index (κ2) is 8.46. The number of methoxy groups -OCH3 is 2. The van der Waals surface area contributed by atoms with Crippen molar-refractivity contribution in [1.29, 1.82) is 0 Å². The molecule has 156 valence electrons. The van der Waals surface area contributed by atoms with Crippen LogP contribution in [0.2, 0.25) is 0 Å². The Morgan fingerprint density at radius 3 is 2.57 bits per heavy atom. The molecule has 8 heteroatoms. The first-order valence-electron chi connectivity index (χ1n) is 9.44. The molecule has 0 saturated carbocycles. The second-order valence-corrected chi connectivity index (χ2v) is 6.68. The average Bonchev–Trinajstić information content (AvgIpc) is 3.09. The zero-order chi connectivity index (χ0) is 21.1. The van der Waals surface area contributed by atoms with Gasteiger partial charge in [-0.25, -0.2) is 4.79 Å². The zero-order valence-corrected chi connectivity index (χ0v) is 16.7. The summed E-state index contributed by atoms with van der Waals surface area (Å²) in [5, 5.41) is 0. The minimum absolute atomic E-state index is 0.193. The van der Waals surface area contributed by atoms with Gasteiger partial charge >= 0.3 is 6.09 Å². The quantitative estimate of drug-likeness (QED) is 0.715. The van der Waals surface area contributed by atoms with Crippen LogP contribution in [0.25, 0.3) is 6.08 Å². The monoisotopic (exact) mass is 411 g/mol. The molecule has 0 aromatic heterocycles. The summed E-state index contributed by atoms with van der Waals surface area (Å²) in [7, 11) is 3.03. The molecule has 1 saturated heterocycles. The van der Waals surface area contributed by atoms with E-state index in [0.29, 0.717) is 60.4 Å². The van der Waals surface area contributed by atoms with Crippen molar-refractivity contribution in [2.24, 2.45) is 0 Å². The average molecular weight is 411 g/mol. The summed E-state index contributed by atoms with van der Waals surface area (Å²) in [6, 6.07) is 10.1. The zero-order valence-electron chi connectivity index (χ0n) is 16.7. The number of morpholine rings is 1. The molecule has 2 heterocycles. The normalized spacial score (nSPS) is 16.8. The van der Waals surface area contributed by atoms with E-state index >= 15 is 0 Å². The highest BCUT2D eigenvalue weighted by atomic mass is 16.6. The number of Topliss-reactive ketones (excluding diaryl/α,β-unsaturated/α-hetero) is 1. The lowest BCUT2D eigenvalue weighted by Gasteiger charge is -2.26. The number of amides is 1. The first kappa shape index (κ1) is 19.8. The Labute approximate surface area is 173 Å². The molecule has 2 aromatic carbocycles. The van der Waals surface area contributed by atoms with Crippen LogP contribution in [0, 0.1) is 0 Å². The molecule has 2 aliphatic rings. The molecule has 0 bridgehead atoms. The van der Waals surface area contributed by atoms with Crippen molar-refractivity contribution >= 4 is 18.0 Å². The standard InChI is InChI=1S/C22H21NO7/c1-26-15-4-5-16-18(13-15)29-20(21(16)24)12-14-3-6-17(19(11-14)27-2)30-22(25)23-7-9-28-10-8-23/h3-6,11-13H,7-10H2,1-2H3. The van der Waals surface area contributed by atoms with Gasteiger partial charge in [0.05, 0.1) is 33.0 Å². The molecule has 30 heavy (non-hydrogen) atoms. The summed E-state index contributed by atoms with van der Waals surface area (Å²) in [6.07, 6.45) is 1.16. The fraction of sp³-hybridized carbons (Fsp3) is 0.273. The van der Waals surface area contributed by atoms with Crippen molar-refractivity contribution in [3.8, 4) is 23.0 Å². The molecule has 0 N–H and O–H groups in total. The maximum atomic E-state index is 12.6. The lowest BCUT2D eigenvalue weighted by Crippen LogP contribution is -2.42. The Bertz CT molecular complexity index is 1010. The summed E-state index contributed by atoms with van der Waals surface area (Å²) in [4.78, 5) is 26.5. The van der Waals surface area contributed by atoms with Gasteiger partial charge in [0.1, 0.15) is 11.5 Å². The number of benzene rings is 2. The maximum Gasteiger partial charge on any atom is 0.415 e. The van der Waals surface area contributed by atoms with Crippen LogP contribution in [0.5, 0.6) is 23.0 Å². The predicted molar refractivity (Wildman–Crippen MR) is 107 cm³/mol. The van der Waals surface area contributed by atoms with Crippen LogP contribution in [0.3, 0.4) is 0 Å². The molecule has 2 aromatic rings. The molecule has 1 amide bonds. The molecule has 0 spiro atoms. The summed E-state index contributed by atoms with van der Waals surface area (Å²) in [6.45, 7) is 1.94. The van der Waals surface area contributed by atoms with E-state index in [4.69, 9.17) is 23.7 Å². The molecule has 4 rings (SSSR count). The van der Waals surface area contributed by atoms with Crippen molar-refractivity contribution in [1.82, 2.24) is 4.90 Å². The summed E-state index contributed by atoms with van der Waals surface area (Å²) < 4.78 is 26.9. The summed E-state index contributed by atoms with van der Waals surface area (Å²) in [5.74, 6) is 1.70. The van der Waals surface area contributed by atoms with Gasteiger partial charge in [-0.1, -0.05) is 6.07 Å². The van der Waals surface area contributed by atoms with Gasteiger partial charge in [0, 0.05) is 19.2 Å². The highest BCUT2D eigenvalue weighted by molar-refractivity contribution is 6.14. The minimum atomic E-state index is -0.457. The Kier molecular flexibility index (Phi) is 5.58. The number of carbonyl (C=O) groups excluding carboxylic acids is 2. The van der Waals surface area contributed by atoms with Gasteiger partial charge in [-0.2, -0.15) is 0 Å². The van der Waals surface area contributed by atoms with Gasteiger partial charge in [0.2, 0.25) is 5.78 Å². The third kappa shape index (κ3) is 3.95. The third-order valence-corrected chi connectivity index (χ3v) is 4.83. The van der Waals surface area contributed by atoms with E-state index in [1.807, 2.05) is 0 Å². The predicted octanol–water partition coefficient (Wildman–Crippen LogP) is 3.15. The van der Waals surface area contributed by atoms with Gasteiger partial charge in [0.25, 0.3) is 0 Å². The van der Waals surface area contributed by atoms with E-state index in [1.165, 1.54) is 7.11 Å². The van der Waals surface area contributed by atoms with Gasteiger partial charge < -0.3 is 28.6 Å². The molecular formula is C22H21NO7. The molecule has 0 atom stereocenters. The minimum Gasteiger partial charge on any atom is -0.497 e. The van der Waals surface area contributed by atoms with Crippen LogP contribution in [-0.4, -0.2) is 57.3 Å². The number of ketones is 1. The van der Waals surface area contributed by atoms with E-state index in [0.717, 1.165) is 0 Å². The van der Waals surface area contributed by atoms with Crippen molar-refractivity contribution in [3.05, 3.63) is 53.3 Å². The lowest BCUT2D eigenvalue weighted by atomic mass is 10.1. The van der Waals surface area contributed by atoms with Crippen molar-refractivity contribution in [2.45, 2.75) is 0 Å². The number of carbonyl (C=O) groups is 2. The van der Waals surface area contributed by atoms with Crippen molar-refractivity contribution in [2.75, 3.05) is 40.5 Å². The van der Waals surface area contributed by atoms with Crippen LogP contribution >= 0.6 is 0 Å². The van der Waals surface area contributed by atoms with Crippen LogP contribution in [0.1, 0.15) is 15.9 Å². The van der Waals surface area contributed by atoms with E-state index in [-0.39, 0.29) is 11.5 Å². The lowest BCUT2D eigenvalue weighted by molar-refractivity contribution is 0.0413. The number of allylic oxidation sites excluding steroid dienone is 1. The van der Waals surface area contributed by atoms with Crippen LogP contribution in [-0.2, 0) is 4.74 Å². The van der Waals surface area contributed by atoms with E-state index < -0.39 is 6.09 Å². The topological polar surface area (TPSA) is 83.5 Å². The van der Waals surface area contributed by atoms with Gasteiger partial charge in [-0.15, -0.1) is 0 Å². The molecule has 2 aliphatic heterocycles. The van der Waals surface area contributed by atoms with E-state index in [1.54, 1.807) is 54.5 Å². The third-order valence-electron chi connectivity index (χ3n) is 4.83. The highest BCUT2D eigenvalue weighted by Gasteiger charge is 2.28. The maximum absolute atomic E-state index is 12.6.